The lowest BCUT2D eigenvalue weighted by atomic mass is 10.0. The Labute approximate surface area is 105 Å². The summed E-state index contributed by atoms with van der Waals surface area (Å²) < 4.78 is 74.3. The monoisotopic (exact) mass is 365 g/mol. The van der Waals surface area contributed by atoms with Crippen LogP contribution in [0.5, 0.6) is 0 Å². The van der Waals surface area contributed by atoms with Crippen molar-refractivity contribution in [3.8, 4) is 6.07 Å². The second kappa shape index (κ2) is 4.36. The predicted octanol–water partition coefficient (Wildman–Crippen LogP) is 4.20. The summed E-state index contributed by atoms with van der Waals surface area (Å²) >= 11 is 1.38. The highest BCUT2D eigenvalue weighted by molar-refractivity contribution is 14.1. The summed E-state index contributed by atoms with van der Waals surface area (Å²) in [6, 6.07) is 1.95. The first-order valence-corrected chi connectivity index (χ1v) is 5.03. The number of nitrogens with zero attached hydrogens (tertiary/aromatic N) is 1. The topological polar surface area (TPSA) is 23.8 Å². The zero-order valence-electron chi connectivity index (χ0n) is 7.75. The molecule has 17 heavy (non-hydrogen) atoms. The van der Waals surface area contributed by atoms with Crippen molar-refractivity contribution in [2.75, 3.05) is 0 Å². The Morgan fingerprint density at radius 2 is 1.35 bits per heavy atom. The quantitative estimate of drug-likeness (QED) is 0.500. The van der Waals surface area contributed by atoms with Crippen LogP contribution < -0.4 is 0 Å². The molecule has 0 aliphatic heterocycles. The fourth-order valence-corrected chi connectivity index (χ4v) is 1.72. The maximum atomic E-state index is 12.4. The fourth-order valence-electron chi connectivity index (χ4n) is 1.13. The predicted molar refractivity (Wildman–Crippen MR) is 53.9 cm³/mol. The minimum atomic E-state index is -5.15. The van der Waals surface area contributed by atoms with Crippen molar-refractivity contribution in [2.45, 2.75) is 12.4 Å². The van der Waals surface area contributed by atoms with Gasteiger partial charge in [0.25, 0.3) is 0 Å². The second-order valence-electron chi connectivity index (χ2n) is 2.98. The molecule has 1 rings (SSSR count). The first-order valence-electron chi connectivity index (χ1n) is 3.95. The van der Waals surface area contributed by atoms with Crippen LogP contribution >= 0.6 is 22.6 Å². The normalized spacial score (nSPS) is 12.4. The molecule has 0 saturated carbocycles. The highest BCUT2D eigenvalue weighted by Gasteiger charge is 2.43. The zero-order chi connectivity index (χ0) is 13.4. The third-order valence-corrected chi connectivity index (χ3v) is 2.73. The molecule has 0 aliphatic carbocycles. The number of hydrogen-bond acceptors (Lipinski definition) is 1. The van der Waals surface area contributed by atoms with Crippen LogP contribution in [-0.2, 0) is 12.4 Å². The number of alkyl halides is 6. The number of benzene rings is 1. The molecule has 0 saturated heterocycles. The first kappa shape index (κ1) is 14.1. The van der Waals surface area contributed by atoms with E-state index in [9.17, 15) is 26.3 Å². The molecule has 0 radical (unpaired) electrons. The summed E-state index contributed by atoms with van der Waals surface area (Å²) in [7, 11) is 0. The molecule has 0 N–H and O–H groups in total. The lowest BCUT2D eigenvalue weighted by Crippen LogP contribution is -2.17. The van der Waals surface area contributed by atoms with Gasteiger partial charge in [0.2, 0.25) is 0 Å². The summed E-state index contributed by atoms with van der Waals surface area (Å²) in [5, 5.41) is 8.50. The molecule has 0 fully saturated rings. The van der Waals surface area contributed by atoms with E-state index >= 15 is 0 Å². The van der Waals surface area contributed by atoms with Gasteiger partial charge < -0.3 is 0 Å². The molecule has 0 heterocycles. The molecule has 0 spiro atoms. The smallest absolute Gasteiger partial charge is 0.192 e. The van der Waals surface area contributed by atoms with Crippen molar-refractivity contribution < 1.29 is 26.3 Å². The summed E-state index contributed by atoms with van der Waals surface area (Å²) in [6.45, 7) is 0. The highest BCUT2D eigenvalue weighted by atomic mass is 127. The van der Waals surface area contributed by atoms with Crippen molar-refractivity contribution >= 4 is 22.6 Å². The van der Waals surface area contributed by atoms with Crippen LogP contribution in [-0.4, -0.2) is 0 Å². The van der Waals surface area contributed by atoms with Crippen molar-refractivity contribution in [1.29, 1.82) is 5.26 Å². The Kier molecular flexibility index (Phi) is 3.61. The van der Waals surface area contributed by atoms with Crippen LogP contribution in [0.3, 0.4) is 0 Å². The van der Waals surface area contributed by atoms with Crippen LogP contribution in [0.15, 0.2) is 12.1 Å². The molecular formula is C9H2F6IN. The van der Waals surface area contributed by atoms with E-state index in [2.05, 4.69) is 0 Å². The van der Waals surface area contributed by atoms with E-state index in [1.807, 2.05) is 0 Å². The third-order valence-electron chi connectivity index (χ3n) is 1.84. The molecule has 0 aromatic heterocycles. The summed E-state index contributed by atoms with van der Waals surface area (Å²) in [5.41, 5.74) is -4.07. The second-order valence-corrected chi connectivity index (χ2v) is 4.15. The SMILES string of the molecule is N#Cc1cc(C(F)(F)F)c(C(F)(F)F)cc1I. The van der Waals surface area contributed by atoms with Gasteiger partial charge in [-0.25, -0.2) is 0 Å². The average molecular weight is 365 g/mol. The van der Waals surface area contributed by atoms with Gasteiger partial charge in [0.1, 0.15) is 6.07 Å². The summed E-state index contributed by atoms with van der Waals surface area (Å²) in [4.78, 5) is 0. The molecule has 0 amide bonds. The minimum absolute atomic E-state index is 0.176. The van der Waals surface area contributed by atoms with Crippen molar-refractivity contribution in [3.05, 3.63) is 32.4 Å². The Balaban J connectivity index is 3.61. The van der Waals surface area contributed by atoms with E-state index in [0.29, 0.717) is 6.07 Å². The van der Waals surface area contributed by atoms with Crippen LogP contribution in [0.1, 0.15) is 16.7 Å². The maximum absolute atomic E-state index is 12.4. The van der Waals surface area contributed by atoms with Crippen LogP contribution in [0.4, 0.5) is 26.3 Å². The molecular weight excluding hydrogens is 363 g/mol. The molecule has 1 aromatic carbocycles. The molecule has 0 bridgehead atoms. The van der Waals surface area contributed by atoms with E-state index < -0.39 is 29.0 Å². The lowest BCUT2D eigenvalue weighted by molar-refractivity contribution is -0.162. The Bertz CT molecular complexity index is 482. The van der Waals surface area contributed by atoms with Crippen LogP contribution in [0.2, 0.25) is 0 Å². The molecule has 0 unspecified atom stereocenters. The number of halogens is 7. The van der Waals surface area contributed by atoms with Gasteiger partial charge in [-0.1, -0.05) is 0 Å². The molecule has 1 aromatic rings. The van der Waals surface area contributed by atoms with Gasteiger partial charge >= 0.3 is 12.4 Å². The van der Waals surface area contributed by atoms with Crippen LogP contribution in [0.25, 0.3) is 0 Å². The van der Waals surface area contributed by atoms with Gasteiger partial charge in [-0.15, -0.1) is 0 Å². The van der Waals surface area contributed by atoms with Gasteiger partial charge in [-0.2, -0.15) is 31.6 Å². The molecule has 0 aliphatic rings. The molecule has 1 nitrogen and oxygen atoms in total. The van der Waals surface area contributed by atoms with E-state index in [4.69, 9.17) is 5.26 Å². The van der Waals surface area contributed by atoms with Gasteiger partial charge in [-0.3, -0.25) is 0 Å². The third kappa shape index (κ3) is 3.02. The van der Waals surface area contributed by atoms with E-state index in [1.165, 1.54) is 28.7 Å². The number of hydrogen-bond donors (Lipinski definition) is 0. The fraction of sp³-hybridized carbons (Fsp3) is 0.222. The molecule has 92 valence electrons. The molecule has 0 atom stereocenters. The van der Waals surface area contributed by atoms with E-state index in [-0.39, 0.29) is 9.64 Å². The Morgan fingerprint density at radius 1 is 0.941 bits per heavy atom. The summed E-state index contributed by atoms with van der Waals surface area (Å²) in [6.07, 6.45) is -10.3. The maximum Gasteiger partial charge on any atom is 0.417 e. The lowest BCUT2D eigenvalue weighted by Gasteiger charge is -2.16. The summed E-state index contributed by atoms with van der Waals surface area (Å²) in [5.74, 6) is 0. The van der Waals surface area contributed by atoms with Crippen molar-refractivity contribution in [3.63, 3.8) is 0 Å². The van der Waals surface area contributed by atoms with Crippen molar-refractivity contribution in [2.24, 2.45) is 0 Å². The minimum Gasteiger partial charge on any atom is -0.192 e. The van der Waals surface area contributed by atoms with Gasteiger partial charge in [0, 0.05) is 3.57 Å². The average Bonchev–Trinajstić information content (AvgIpc) is 2.14. The molecule has 8 heteroatoms. The highest BCUT2D eigenvalue weighted by Crippen LogP contribution is 2.41. The van der Waals surface area contributed by atoms with Crippen molar-refractivity contribution in [1.82, 2.24) is 0 Å². The van der Waals surface area contributed by atoms with Gasteiger partial charge in [-0.05, 0) is 34.7 Å². The number of rotatable bonds is 0. The van der Waals surface area contributed by atoms with E-state index in [1.54, 1.807) is 0 Å². The van der Waals surface area contributed by atoms with E-state index in [0.717, 1.165) is 0 Å². The zero-order valence-corrected chi connectivity index (χ0v) is 9.91. The van der Waals surface area contributed by atoms with Crippen LogP contribution in [0, 0.1) is 14.9 Å². The Morgan fingerprint density at radius 3 is 1.71 bits per heavy atom. The number of nitriles is 1. The standard InChI is InChI=1S/C9H2F6IN/c10-8(11,12)5-1-4(3-17)7(16)2-6(5)9(13,14)15/h1-2H. The van der Waals surface area contributed by atoms with Gasteiger partial charge in [0.05, 0.1) is 16.7 Å². The largest absolute Gasteiger partial charge is 0.417 e. The van der Waals surface area contributed by atoms with Gasteiger partial charge in [0.15, 0.2) is 0 Å². The Hall–Kier alpha value is -0.980. The first-order chi connectivity index (χ1) is 7.57.